The Labute approximate surface area is 185 Å². The summed E-state index contributed by atoms with van der Waals surface area (Å²) in [5.74, 6) is -2.19. The third kappa shape index (κ3) is 4.67. The highest BCUT2D eigenvalue weighted by Crippen LogP contribution is 2.28. The van der Waals surface area contributed by atoms with E-state index in [4.69, 9.17) is 0 Å². The zero-order chi connectivity index (χ0) is 22.5. The van der Waals surface area contributed by atoms with Gasteiger partial charge in [-0.1, -0.05) is 54.6 Å². The van der Waals surface area contributed by atoms with Gasteiger partial charge < -0.3 is 15.5 Å². The Morgan fingerprint density at radius 2 is 1.62 bits per heavy atom. The van der Waals surface area contributed by atoms with Crippen LogP contribution in [-0.4, -0.2) is 24.3 Å². The topological polar surface area (TPSA) is 78.5 Å². The SMILES string of the molecule is O=C(NCc1ccccc1)c1ccccc1NC(=O)[C@H]1CC(=O)N(c2ccccc2F)C1. The Morgan fingerprint density at radius 1 is 0.938 bits per heavy atom. The molecule has 1 fully saturated rings. The van der Waals surface area contributed by atoms with Crippen molar-refractivity contribution in [3.63, 3.8) is 0 Å². The van der Waals surface area contributed by atoms with Gasteiger partial charge in [0, 0.05) is 19.5 Å². The summed E-state index contributed by atoms with van der Waals surface area (Å²) >= 11 is 0. The fourth-order valence-corrected chi connectivity index (χ4v) is 3.69. The zero-order valence-corrected chi connectivity index (χ0v) is 17.3. The van der Waals surface area contributed by atoms with E-state index in [-0.39, 0.29) is 36.4 Å². The molecule has 32 heavy (non-hydrogen) atoms. The molecule has 1 atom stereocenters. The molecular weight excluding hydrogens is 409 g/mol. The average Bonchev–Trinajstić information content (AvgIpc) is 3.20. The lowest BCUT2D eigenvalue weighted by Gasteiger charge is -2.17. The number of hydrogen-bond donors (Lipinski definition) is 2. The van der Waals surface area contributed by atoms with Crippen LogP contribution in [0.4, 0.5) is 15.8 Å². The number of halogens is 1. The van der Waals surface area contributed by atoms with Crippen LogP contribution in [0.5, 0.6) is 0 Å². The van der Waals surface area contributed by atoms with E-state index in [9.17, 15) is 18.8 Å². The Bertz CT molecular complexity index is 1150. The summed E-state index contributed by atoms with van der Waals surface area (Å²) in [7, 11) is 0. The number of amides is 3. The van der Waals surface area contributed by atoms with Gasteiger partial charge in [-0.05, 0) is 29.8 Å². The number of anilines is 2. The van der Waals surface area contributed by atoms with Crippen LogP contribution in [0.1, 0.15) is 22.3 Å². The minimum absolute atomic E-state index is 0.0253. The van der Waals surface area contributed by atoms with E-state index in [0.29, 0.717) is 17.8 Å². The predicted molar refractivity (Wildman–Crippen MR) is 120 cm³/mol. The van der Waals surface area contributed by atoms with Crippen LogP contribution in [0.15, 0.2) is 78.9 Å². The predicted octanol–water partition coefficient (Wildman–Crippen LogP) is 3.75. The molecular formula is C25H22FN3O3. The maximum atomic E-state index is 14.1. The highest BCUT2D eigenvalue weighted by atomic mass is 19.1. The maximum absolute atomic E-state index is 14.1. The fraction of sp³-hybridized carbons (Fsp3) is 0.160. The Balaban J connectivity index is 1.43. The molecule has 0 aliphatic carbocycles. The van der Waals surface area contributed by atoms with Crippen LogP contribution in [0, 0.1) is 11.7 Å². The number of nitrogens with one attached hydrogen (secondary N) is 2. The number of benzene rings is 3. The van der Waals surface area contributed by atoms with Crippen molar-refractivity contribution in [3.8, 4) is 0 Å². The van der Waals surface area contributed by atoms with Crippen molar-refractivity contribution in [2.24, 2.45) is 5.92 Å². The van der Waals surface area contributed by atoms with Crippen molar-refractivity contribution in [1.82, 2.24) is 5.32 Å². The van der Waals surface area contributed by atoms with E-state index in [1.54, 1.807) is 36.4 Å². The molecule has 3 aromatic carbocycles. The zero-order valence-electron chi connectivity index (χ0n) is 17.3. The smallest absolute Gasteiger partial charge is 0.253 e. The van der Waals surface area contributed by atoms with Gasteiger partial charge in [-0.2, -0.15) is 0 Å². The molecule has 1 saturated heterocycles. The van der Waals surface area contributed by atoms with E-state index in [0.717, 1.165) is 5.56 Å². The second kappa shape index (κ2) is 9.43. The van der Waals surface area contributed by atoms with E-state index in [1.165, 1.54) is 17.0 Å². The van der Waals surface area contributed by atoms with Gasteiger partial charge in [-0.25, -0.2) is 4.39 Å². The van der Waals surface area contributed by atoms with E-state index in [1.807, 2.05) is 30.3 Å². The molecule has 1 aliphatic rings. The summed E-state index contributed by atoms with van der Waals surface area (Å²) in [6, 6.07) is 22.2. The molecule has 162 valence electrons. The van der Waals surface area contributed by atoms with Crippen LogP contribution in [0.3, 0.4) is 0 Å². The monoisotopic (exact) mass is 431 g/mol. The number of rotatable bonds is 6. The van der Waals surface area contributed by atoms with E-state index < -0.39 is 11.7 Å². The molecule has 3 amide bonds. The first-order chi connectivity index (χ1) is 15.5. The van der Waals surface area contributed by atoms with Gasteiger partial charge in [0.1, 0.15) is 5.82 Å². The second-order valence-corrected chi connectivity index (χ2v) is 7.56. The van der Waals surface area contributed by atoms with Crippen LogP contribution in [0.25, 0.3) is 0 Å². The number of nitrogens with zero attached hydrogens (tertiary/aromatic N) is 1. The maximum Gasteiger partial charge on any atom is 0.253 e. The van der Waals surface area contributed by atoms with Gasteiger partial charge in [0.05, 0.1) is 22.9 Å². The first kappa shape index (κ1) is 21.2. The largest absolute Gasteiger partial charge is 0.348 e. The minimum Gasteiger partial charge on any atom is -0.348 e. The quantitative estimate of drug-likeness (QED) is 0.624. The normalized spacial score (nSPS) is 15.5. The summed E-state index contributed by atoms with van der Waals surface area (Å²) in [5, 5.41) is 5.61. The summed E-state index contributed by atoms with van der Waals surface area (Å²) in [6.07, 6.45) is -0.0253. The van der Waals surface area contributed by atoms with Gasteiger partial charge in [0.2, 0.25) is 11.8 Å². The van der Waals surface area contributed by atoms with Crippen molar-refractivity contribution >= 4 is 29.1 Å². The first-order valence-corrected chi connectivity index (χ1v) is 10.3. The van der Waals surface area contributed by atoms with Crippen molar-refractivity contribution in [3.05, 3.63) is 95.8 Å². The lowest BCUT2D eigenvalue weighted by Crippen LogP contribution is -2.29. The van der Waals surface area contributed by atoms with Gasteiger partial charge in [-0.3, -0.25) is 14.4 Å². The molecule has 7 heteroatoms. The number of carbonyl (C=O) groups is 3. The molecule has 0 bridgehead atoms. The summed E-state index contributed by atoms with van der Waals surface area (Å²) < 4.78 is 14.1. The van der Waals surface area contributed by atoms with E-state index >= 15 is 0 Å². The van der Waals surface area contributed by atoms with Crippen molar-refractivity contribution in [2.75, 3.05) is 16.8 Å². The Kier molecular flexibility index (Phi) is 6.26. The third-order valence-electron chi connectivity index (χ3n) is 5.36. The molecule has 4 rings (SSSR count). The molecule has 0 radical (unpaired) electrons. The molecule has 2 N–H and O–H groups in total. The van der Waals surface area contributed by atoms with Gasteiger partial charge in [0.15, 0.2) is 0 Å². The molecule has 3 aromatic rings. The standard InChI is InChI=1S/C25H22FN3O3/c26-20-11-5-7-13-22(20)29-16-18(14-23(29)30)24(31)28-21-12-6-4-10-19(21)25(32)27-15-17-8-2-1-3-9-17/h1-13,18H,14-16H2,(H,27,32)(H,28,31)/t18-/m0/s1. The van der Waals surface area contributed by atoms with Crippen LogP contribution in [0.2, 0.25) is 0 Å². The number of hydrogen-bond acceptors (Lipinski definition) is 3. The lowest BCUT2D eigenvalue weighted by atomic mass is 10.1. The van der Waals surface area contributed by atoms with Gasteiger partial charge >= 0.3 is 0 Å². The Morgan fingerprint density at radius 3 is 2.41 bits per heavy atom. The molecule has 0 aromatic heterocycles. The van der Waals surface area contributed by atoms with Crippen LogP contribution < -0.4 is 15.5 Å². The van der Waals surface area contributed by atoms with Gasteiger partial charge in [-0.15, -0.1) is 0 Å². The number of carbonyl (C=O) groups excluding carboxylic acids is 3. The lowest BCUT2D eigenvalue weighted by molar-refractivity contribution is -0.122. The average molecular weight is 431 g/mol. The molecule has 0 spiro atoms. The highest BCUT2D eigenvalue weighted by molar-refractivity contribution is 6.07. The number of para-hydroxylation sites is 2. The summed E-state index contributed by atoms with van der Waals surface area (Å²) in [6.45, 7) is 0.435. The highest BCUT2D eigenvalue weighted by Gasteiger charge is 2.36. The van der Waals surface area contributed by atoms with E-state index in [2.05, 4.69) is 10.6 Å². The third-order valence-corrected chi connectivity index (χ3v) is 5.36. The first-order valence-electron chi connectivity index (χ1n) is 10.3. The molecule has 0 unspecified atom stereocenters. The molecule has 1 heterocycles. The van der Waals surface area contributed by atoms with Gasteiger partial charge in [0.25, 0.3) is 5.91 Å². The van der Waals surface area contributed by atoms with Crippen molar-refractivity contribution in [1.29, 1.82) is 0 Å². The summed E-state index contributed by atoms with van der Waals surface area (Å²) in [5.41, 5.74) is 1.81. The minimum atomic E-state index is -0.650. The molecule has 1 aliphatic heterocycles. The van der Waals surface area contributed by atoms with Crippen LogP contribution in [-0.2, 0) is 16.1 Å². The second-order valence-electron chi connectivity index (χ2n) is 7.56. The molecule has 6 nitrogen and oxygen atoms in total. The van der Waals surface area contributed by atoms with Crippen molar-refractivity contribution in [2.45, 2.75) is 13.0 Å². The Hall–Kier alpha value is -4.00. The van der Waals surface area contributed by atoms with Crippen LogP contribution >= 0.6 is 0 Å². The molecule has 0 saturated carbocycles. The van der Waals surface area contributed by atoms with Crippen molar-refractivity contribution < 1.29 is 18.8 Å². The summed E-state index contributed by atoms with van der Waals surface area (Å²) in [4.78, 5) is 39.3. The fourth-order valence-electron chi connectivity index (χ4n) is 3.69.